The summed E-state index contributed by atoms with van der Waals surface area (Å²) in [6.45, 7) is 7.97. The molecule has 43 heavy (non-hydrogen) atoms. The molecule has 6 rings (SSSR count). The van der Waals surface area contributed by atoms with Crippen LogP contribution in [0, 0.1) is 0 Å². The summed E-state index contributed by atoms with van der Waals surface area (Å²) in [5, 5.41) is 3.97. The highest BCUT2D eigenvalue weighted by Crippen LogP contribution is 2.31. The van der Waals surface area contributed by atoms with Crippen LogP contribution in [-0.2, 0) is 9.59 Å². The van der Waals surface area contributed by atoms with Gasteiger partial charge in [0.25, 0.3) is 22.3 Å². The van der Waals surface area contributed by atoms with Crippen molar-refractivity contribution in [3.63, 3.8) is 0 Å². The fourth-order valence-corrected chi connectivity index (χ4v) is 6.36. The van der Waals surface area contributed by atoms with E-state index in [9.17, 15) is 19.2 Å². The molecular formula is C30H36N6O5S2. The van der Waals surface area contributed by atoms with Crippen LogP contribution in [0.5, 0.6) is 0 Å². The summed E-state index contributed by atoms with van der Waals surface area (Å²) in [7, 11) is 4.24. The lowest BCUT2D eigenvalue weighted by Crippen LogP contribution is -2.44. The molecule has 0 radical (unpaired) electrons. The van der Waals surface area contributed by atoms with E-state index in [1.54, 1.807) is 12.2 Å². The molecule has 0 saturated carbocycles. The molecule has 11 nitrogen and oxygen atoms in total. The molecule has 0 spiro atoms. The predicted molar refractivity (Wildman–Crippen MR) is 174 cm³/mol. The Morgan fingerprint density at radius 3 is 1.26 bits per heavy atom. The topological polar surface area (TPSA) is 137 Å². The minimum absolute atomic E-state index is 0. The van der Waals surface area contributed by atoms with E-state index in [0.29, 0.717) is 9.81 Å². The zero-order valence-corrected chi connectivity index (χ0v) is 25.8. The molecule has 2 aromatic rings. The summed E-state index contributed by atoms with van der Waals surface area (Å²) in [5.41, 5.74) is 4.19. The van der Waals surface area contributed by atoms with Gasteiger partial charge in [0.1, 0.15) is 0 Å². The number of anilines is 2. The van der Waals surface area contributed by atoms with E-state index in [-0.39, 0.29) is 27.8 Å². The lowest BCUT2D eigenvalue weighted by molar-refractivity contribution is -0.116. The number of likely N-dealkylation sites (N-methyl/N-ethyl adjacent to an activating group) is 2. The summed E-state index contributed by atoms with van der Waals surface area (Å²) in [6.07, 6.45) is 3.61. The van der Waals surface area contributed by atoms with Crippen LogP contribution in [0.1, 0.15) is 11.1 Å². The van der Waals surface area contributed by atoms with E-state index in [0.717, 1.165) is 98.4 Å². The Bertz CT molecular complexity index is 1320. The van der Waals surface area contributed by atoms with Crippen molar-refractivity contribution in [1.82, 2.24) is 20.4 Å². The summed E-state index contributed by atoms with van der Waals surface area (Å²) in [4.78, 5) is 56.0. The van der Waals surface area contributed by atoms with Gasteiger partial charge in [-0.05, 0) is 73.0 Å². The Morgan fingerprint density at radius 1 is 0.581 bits per heavy atom. The number of amides is 4. The normalized spacial score (nSPS) is 21.4. The van der Waals surface area contributed by atoms with Crippen molar-refractivity contribution >= 4 is 69.3 Å². The monoisotopic (exact) mass is 624 g/mol. The third-order valence-electron chi connectivity index (χ3n) is 7.42. The van der Waals surface area contributed by atoms with Gasteiger partial charge in [0.2, 0.25) is 0 Å². The number of hydrogen-bond acceptors (Lipinski definition) is 10. The second-order valence-electron chi connectivity index (χ2n) is 10.4. The van der Waals surface area contributed by atoms with Gasteiger partial charge in [-0.2, -0.15) is 0 Å². The molecule has 0 bridgehead atoms. The largest absolute Gasteiger partial charge is 0.412 e. The standard InChI is InChI=1S/2C15H17N3O2S.H2O/c2*1-17-6-8-18(9-7-17)12-5-3-2-4-11(12)10-13-14(19)16-15(20)21-13;/h2*2-5,10H,6-9H2,1H3,(H,16,19,20);1H2. The number of carbonyl (C=O) groups excluding carboxylic acids is 4. The lowest BCUT2D eigenvalue weighted by Gasteiger charge is -2.34. The summed E-state index contributed by atoms with van der Waals surface area (Å²) in [5.74, 6) is -0.614. The van der Waals surface area contributed by atoms with Crippen molar-refractivity contribution in [3.8, 4) is 0 Å². The number of rotatable bonds is 4. The number of carbonyl (C=O) groups is 4. The maximum absolute atomic E-state index is 11.7. The van der Waals surface area contributed by atoms with E-state index in [2.05, 4.69) is 56.5 Å². The highest BCUT2D eigenvalue weighted by molar-refractivity contribution is 8.18. The summed E-state index contributed by atoms with van der Waals surface area (Å²) >= 11 is 1.92. The zero-order chi connectivity index (χ0) is 29.6. The molecule has 4 amide bonds. The summed E-state index contributed by atoms with van der Waals surface area (Å²) in [6, 6.07) is 16.0. The van der Waals surface area contributed by atoms with Crippen molar-refractivity contribution in [2.24, 2.45) is 0 Å². The molecule has 0 aromatic heterocycles. The number of nitrogens with zero attached hydrogens (tertiary/aromatic N) is 4. The minimum Gasteiger partial charge on any atom is -0.412 e. The predicted octanol–water partition coefficient (Wildman–Crippen LogP) is 2.70. The average molecular weight is 625 g/mol. The number of para-hydroxylation sites is 2. The van der Waals surface area contributed by atoms with E-state index < -0.39 is 0 Å². The maximum Gasteiger partial charge on any atom is 0.290 e. The van der Waals surface area contributed by atoms with E-state index in [1.165, 1.54) is 0 Å². The van der Waals surface area contributed by atoms with E-state index in [4.69, 9.17) is 0 Å². The van der Waals surface area contributed by atoms with Crippen LogP contribution in [0.15, 0.2) is 58.3 Å². The van der Waals surface area contributed by atoms with Crippen molar-refractivity contribution in [2.75, 3.05) is 76.3 Å². The van der Waals surface area contributed by atoms with Gasteiger partial charge in [-0.1, -0.05) is 36.4 Å². The second-order valence-corrected chi connectivity index (χ2v) is 12.4. The minimum atomic E-state index is -0.307. The van der Waals surface area contributed by atoms with Crippen LogP contribution in [0.3, 0.4) is 0 Å². The van der Waals surface area contributed by atoms with Gasteiger partial charge < -0.3 is 25.1 Å². The number of imide groups is 2. The quantitative estimate of drug-likeness (QED) is 0.489. The molecule has 4 aliphatic heterocycles. The fourth-order valence-electron chi connectivity index (χ4n) is 5.01. The third kappa shape index (κ3) is 8.27. The van der Waals surface area contributed by atoms with E-state index in [1.807, 2.05) is 36.4 Å². The number of nitrogens with one attached hydrogen (secondary N) is 2. The number of benzene rings is 2. The first kappa shape index (κ1) is 32.3. The molecule has 4 aliphatic rings. The highest BCUT2D eigenvalue weighted by atomic mass is 32.2. The van der Waals surface area contributed by atoms with Crippen LogP contribution in [0.4, 0.5) is 21.0 Å². The molecule has 0 atom stereocenters. The smallest absolute Gasteiger partial charge is 0.290 e. The Kier molecular flexibility index (Phi) is 11.0. The second kappa shape index (κ2) is 14.7. The van der Waals surface area contributed by atoms with Crippen LogP contribution < -0.4 is 20.4 Å². The van der Waals surface area contributed by atoms with Gasteiger partial charge in [0.05, 0.1) is 9.81 Å². The number of hydrogen-bond donors (Lipinski definition) is 2. The lowest BCUT2D eigenvalue weighted by atomic mass is 10.1. The van der Waals surface area contributed by atoms with Gasteiger partial charge in [-0.25, -0.2) is 0 Å². The fraction of sp³-hybridized carbons (Fsp3) is 0.333. The molecule has 4 heterocycles. The number of thioether (sulfide) groups is 2. The van der Waals surface area contributed by atoms with Crippen molar-refractivity contribution in [3.05, 3.63) is 69.5 Å². The van der Waals surface area contributed by atoms with Crippen molar-refractivity contribution < 1.29 is 24.7 Å². The third-order valence-corrected chi connectivity index (χ3v) is 9.04. The van der Waals surface area contributed by atoms with Gasteiger partial charge >= 0.3 is 0 Å². The molecule has 4 N–H and O–H groups in total. The summed E-state index contributed by atoms with van der Waals surface area (Å²) < 4.78 is 0. The Balaban J connectivity index is 0.000000192. The van der Waals surface area contributed by atoms with Gasteiger partial charge in [-0.15, -0.1) is 0 Å². The Labute approximate surface area is 259 Å². The van der Waals surface area contributed by atoms with Crippen LogP contribution in [0.25, 0.3) is 12.2 Å². The van der Waals surface area contributed by atoms with Crippen molar-refractivity contribution in [1.29, 1.82) is 0 Å². The zero-order valence-electron chi connectivity index (χ0n) is 24.2. The molecule has 228 valence electrons. The molecule has 13 heteroatoms. The molecule has 4 saturated heterocycles. The van der Waals surface area contributed by atoms with Gasteiger partial charge in [-0.3, -0.25) is 29.8 Å². The molecular weight excluding hydrogens is 589 g/mol. The van der Waals surface area contributed by atoms with Gasteiger partial charge in [0, 0.05) is 63.7 Å². The molecule has 2 aromatic carbocycles. The van der Waals surface area contributed by atoms with Crippen LogP contribution in [0.2, 0.25) is 0 Å². The molecule has 0 aliphatic carbocycles. The van der Waals surface area contributed by atoms with Crippen LogP contribution >= 0.6 is 23.5 Å². The first-order valence-electron chi connectivity index (χ1n) is 13.8. The number of piperazine rings is 2. The SMILES string of the molecule is CN1CCN(c2ccccc2C=C2SC(=O)NC2=O)CC1.CN1CCN(c2ccccc2C=C2SC(=O)NC2=O)CC1.O. The Hall–Kier alpha value is -3.62. The highest BCUT2D eigenvalue weighted by Gasteiger charge is 2.27. The van der Waals surface area contributed by atoms with E-state index >= 15 is 0 Å². The van der Waals surface area contributed by atoms with Gasteiger partial charge in [0.15, 0.2) is 0 Å². The van der Waals surface area contributed by atoms with Crippen LogP contribution in [-0.4, -0.2) is 104 Å². The van der Waals surface area contributed by atoms with Crippen molar-refractivity contribution in [2.45, 2.75) is 0 Å². The molecule has 4 fully saturated rings. The molecule has 0 unspecified atom stereocenters. The first-order valence-corrected chi connectivity index (χ1v) is 15.4. The Morgan fingerprint density at radius 2 is 0.930 bits per heavy atom. The average Bonchev–Trinajstić information content (AvgIpc) is 3.48. The first-order chi connectivity index (χ1) is 20.3. The maximum atomic E-state index is 11.7.